The number of fused-ring (bicyclic) bond motifs is 1. The van der Waals surface area contributed by atoms with E-state index in [4.69, 9.17) is 0 Å². The van der Waals surface area contributed by atoms with Gasteiger partial charge in [0.15, 0.2) is 0 Å². The van der Waals surface area contributed by atoms with Gasteiger partial charge in [0.2, 0.25) is 0 Å². The van der Waals surface area contributed by atoms with E-state index in [0.717, 1.165) is 42.9 Å². The summed E-state index contributed by atoms with van der Waals surface area (Å²) in [6.45, 7) is 14.1. The number of rotatable bonds is 6. The predicted molar refractivity (Wildman–Crippen MR) is 121 cm³/mol. The lowest BCUT2D eigenvalue weighted by Crippen LogP contribution is -2.36. The Morgan fingerprint density at radius 1 is 1.11 bits per heavy atom. The summed E-state index contributed by atoms with van der Waals surface area (Å²) < 4.78 is 0. The van der Waals surface area contributed by atoms with Gasteiger partial charge in [0, 0.05) is 0 Å². The van der Waals surface area contributed by atoms with Crippen LogP contribution >= 0.6 is 0 Å². The largest absolute Gasteiger partial charge is 0.393 e. The summed E-state index contributed by atoms with van der Waals surface area (Å²) in [5, 5.41) is 10.0. The Balaban J connectivity index is 1.70. The van der Waals surface area contributed by atoms with Crippen LogP contribution in [0.25, 0.3) is 0 Å². The van der Waals surface area contributed by atoms with Crippen LogP contribution in [0, 0.1) is 29.1 Å². The second kappa shape index (κ2) is 9.33. The molecule has 5 atom stereocenters. The van der Waals surface area contributed by atoms with E-state index in [1.807, 2.05) is 0 Å². The van der Waals surface area contributed by atoms with Crippen molar-refractivity contribution in [3.05, 3.63) is 35.5 Å². The van der Waals surface area contributed by atoms with E-state index in [1.54, 1.807) is 5.57 Å². The highest BCUT2D eigenvalue weighted by molar-refractivity contribution is 5.36. The molecule has 3 rings (SSSR count). The first-order valence-corrected chi connectivity index (χ1v) is 12.1. The number of aliphatic hydroxyl groups excluding tert-OH is 1. The lowest BCUT2D eigenvalue weighted by Gasteiger charge is -2.44. The summed E-state index contributed by atoms with van der Waals surface area (Å²) in [4.78, 5) is 0. The third-order valence-electron chi connectivity index (χ3n) is 8.35. The molecule has 3 saturated carbocycles. The summed E-state index contributed by atoms with van der Waals surface area (Å²) in [6.07, 6.45) is 18.2. The average molecular weight is 385 g/mol. The van der Waals surface area contributed by atoms with Crippen molar-refractivity contribution in [2.45, 2.75) is 104 Å². The first-order chi connectivity index (χ1) is 13.3. The van der Waals surface area contributed by atoms with Gasteiger partial charge in [0.1, 0.15) is 0 Å². The average Bonchev–Trinajstić information content (AvgIpc) is 2.99. The van der Waals surface area contributed by atoms with E-state index in [1.165, 1.54) is 62.5 Å². The number of aliphatic hydroxyl groups is 1. The molecule has 0 heterocycles. The summed E-state index contributed by atoms with van der Waals surface area (Å²) in [7, 11) is 0. The minimum absolute atomic E-state index is 0.172. The molecule has 3 fully saturated rings. The zero-order chi connectivity index (χ0) is 20.3. The highest BCUT2D eigenvalue weighted by Crippen LogP contribution is 2.59. The van der Waals surface area contributed by atoms with Gasteiger partial charge < -0.3 is 5.11 Å². The van der Waals surface area contributed by atoms with Gasteiger partial charge in [-0.2, -0.15) is 0 Å². The van der Waals surface area contributed by atoms with Gasteiger partial charge in [-0.15, -0.1) is 0 Å². The van der Waals surface area contributed by atoms with Crippen LogP contribution in [0.15, 0.2) is 35.5 Å². The molecule has 0 unspecified atom stereocenters. The van der Waals surface area contributed by atoms with Crippen molar-refractivity contribution in [1.29, 1.82) is 0 Å². The van der Waals surface area contributed by atoms with Gasteiger partial charge in [-0.1, -0.05) is 76.8 Å². The van der Waals surface area contributed by atoms with Crippen LogP contribution in [-0.2, 0) is 0 Å². The molecule has 3 aliphatic carbocycles. The minimum atomic E-state index is -0.172. The SMILES string of the molecule is C=C1CC[C@@H](O)C/C1=C\C=C1/CCC[C@@]2(C)[C@H]1CC[C@H]2[C@H](C)CCCC(C)C. The van der Waals surface area contributed by atoms with Gasteiger partial charge in [-0.25, -0.2) is 0 Å². The van der Waals surface area contributed by atoms with Crippen molar-refractivity contribution in [1.82, 2.24) is 0 Å². The molecule has 158 valence electrons. The quantitative estimate of drug-likeness (QED) is 0.499. The van der Waals surface area contributed by atoms with Gasteiger partial charge in [0.25, 0.3) is 0 Å². The third kappa shape index (κ3) is 4.84. The van der Waals surface area contributed by atoms with Crippen LogP contribution < -0.4 is 0 Å². The Bertz CT molecular complexity index is 610. The lowest BCUT2D eigenvalue weighted by atomic mass is 9.60. The molecule has 3 aliphatic rings. The Hall–Kier alpha value is -0.820. The van der Waals surface area contributed by atoms with Crippen molar-refractivity contribution >= 4 is 0 Å². The number of hydrogen-bond donors (Lipinski definition) is 1. The van der Waals surface area contributed by atoms with Gasteiger partial charge >= 0.3 is 0 Å². The zero-order valence-corrected chi connectivity index (χ0v) is 19.0. The summed E-state index contributed by atoms with van der Waals surface area (Å²) in [5.74, 6) is 3.37. The van der Waals surface area contributed by atoms with Crippen LogP contribution in [0.5, 0.6) is 0 Å². The van der Waals surface area contributed by atoms with Crippen LogP contribution in [0.2, 0.25) is 0 Å². The molecule has 1 N–H and O–H groups in total. The van der Waals surface area contributed by atoms with E-state index in [9.17, 15) is 5.11 Å². The van der Waals surface area contributed by atoms with Gasteiger partial charge in [-0.05, 0) is 86.0 Å². The van der Waals surface area contributed by atoms with Crippen LogP contribution in [0.4, 0.5) is 0 Å². The topological polar surface area (TPSA) is 20.2 Å². The molecule has 28 heavy (non-hydrogen) atoms. The molecule has 0 radical (unpaired) electrons. The van der Waals surface area contributed by atoms with Crippen molar-refractivity contribution in [2.24, 2.45) is 29.1 Å². The summed E-state index contributed by atoms with van der Waals surface area (Å²) >= 11 is 0. The highest BCUT2D eigenvalue weighted by Gasteiger charge is 2.50. The molecule has 0 aromatic carbocycles. The number of hydrogen-bond acceptors (Lipinski definition) is 1. The Morgan fingerprint density at radius 2 is 1.89 bits per heavy atom. The molecule has 0 saturated heterocycles. The van der Waals surface area contributed by atoms with Gasteiger partial charge in [-0.3, -0.25) is 0 Å². The molecular weight excluding hydrogens is 340 g/mol. The van der Waals surface area contributed by atoms with E-state index >= 15 is 0 Å². The predicted octanol–water partition coefficient (Wildman–Crippen LogP) is 7.62. The maximum absolute atomic E-state index is 10.0. The van der Waals surface area contributed by atoms with E-state index in [0.29, 0.717) is 5.41 Å². The van der Waals surface area contributed by atoms with Gasteiger partial charge in [0.05, 0.1) is 6.10 Å². The minimum Gasteiger partial charge on any atom is -0.393 e. The first kappa shape index (κ1) is 21.9. The fraction of sp³-hybridized carbons (Fsp3) is 0.778. The highest BCUT2D eigenvalue weighted by atomic mass is 16.3. The second-order valence-electron chi connectivity index (χ2n) is 10.8. The lowest BCUT2D eigenvalue weighted by molar-refractivity contribution is 0.0929. The van der Waals surface area contributed by atoms with Crippen LogP contribution in [0.3, 0.4) is 0 Å². The van der Waals surface area contributed by atoms with E-state index in [2.05, 4.69) is 46.4 Å². The van der Waals surface area contributed by atoms with Crippen molar-refractivity contribution in [3.8, 4) is 0 Å². The first-order valence-electron chi connectivity index (χ1n) is 12.1. The standard InChI is InChI=1S/C27H44O/c1-19(2)8-6-9-21(4)25-15-16-26-22(10-7-17-27(25,26)5)12-13-23-18-24(28)14-11-20(23)3/h12-13,19,21,24-26,28H,3,6-11,14-18H2,1-2,4-5H3/b22-12+,23-13+/t21-,24-,25+,26+,27-/m1/s1. The molecule has 0 aliphatic heterocycles. The molecular formula is C27H44O. The molecule has 0 aromatic heterocycles. The van der Waals surface area contributed by atoms with Crippen molar-refractivity contribution in [2.75, 3.05) is 0 Å². The maximum atomic E-state index is 10.0. The Labute approximate surface area is 174 Å². The monoisotopic (exact) mass is 384 g/mol. The number of allylic oxidation sites excluding steroid dienone is 4. The van der Waals surface area contributed by atoms with E-state index < -0.39 is 0 Å². The molecule has 0 amide bonds. The Morgan fingerprint density at radius 3 is 2.64 bits per heavy atom. The fourth-order valence-electron chi connectivity index (χ4n) is 6.66. The Kier molecular flexibility index (Phi) is 7.29. The van der Waals surface area contributed by atoms with Crippen LogP contribution in [-0.4, -0.2) is 11.2 Å². The normalized spacial score (nSPS) is 37.6. The van der Waals surface area contributed by atoms with Crippen LogP contribution in [0.1, 0.15) is 98.3 Å². The molecule has 0 spiro atoms. The van der Waals surface area contributed by atoms with E-state index in [-0.39, 0.29) is 6.10 Å². The summed E-state index contributed by atoms with van der Waals surface area (Å²) in [6, 6.07) is 0. The van der Waals surface area contributed by atoms with Crippen molar-refractivity contribution < 1.29 is 5.11 Å². The molecule has 0 bridgehead atoms. The fourth-order valence-corrected chi connectivity index (χ4v) is 6.66. The molecule has 0 aromatic rings. The third-order valence-corrected chi connectivity index (χ3v) is 8.35. The molecule has 1 heteroatoms. The summed E-state index contributed by atoms with van der Waals surface area (Å²) in [5.41, 5.74) is 4.72. The second-order valence-corrected chi connectivity index (χ2v) is 10.8. The zero-order valence-electron chi connectivity index (χ0n) is 19.0. The molecule has 1 nitrogen and oxygen atoms in total. The smallest absolute Gasteiger partial charge is 0.0583 e. The maximum Gasteiger partial charge on any atom is 0.0583 e. The van der Waals surface area contributed by atoms with Crippen molar-refractivity contribution in [3.63, 3.8) is 0 Å².